The first-order chi connectivity index (χ1) is 9.88. The summed E-state index contributed by atoms with van der Waals surface area (Å²) in [7, 11) is 0. The molecule has 2 atom stereocenters. The number of thiazole rings is 1. The Kier molecular flexibility index (Phi) is 4.97. The van der Waals surface area contributed by atoms with Gasteiger partial charge in [0.25, 0.3) is 0 Å². The van der Waals surface area contributed by atoms with Gasteiger partial charge in [0.1, 0.15) is 10.6 Å². The second-order valence-corrected chi connectivity index (χ2v) is 7.19. The number of amides is 2. The molecule has 0 saturated carbocycles. The van der Waals surface area contributed by atoms with Gasteiger partial charge in [-0.3, -0.25) is 0 Å². The fourth-order valence-electron chi connectivity index (χ4n) is 1.81. The summed E-state index contributed by atoms with van der Waals surface area (Å²) in [4.78, 5) is 17.3. The molecule has 7 heteroatoms. The van der Waals surface area contributed by atoms with Crippen LogP contribution in [-0.2, 0) is 5.60 Å². The number of nitrogens with zero attached hydrogens (tertiary/aromatic N) is 1. The van der Waals surface area contributed by atoms with Crippen LogP contribution < -0.4 is 10.6 Å². The summed E-state index contributed by atoms with van der Waals surface area (Å²) in [5, 5.41) is 20.5. The summed E-state index contributed by atoms with van der Waals surface area (Å²) in [6, 6.07) is 1.38. The van der Waals surface area contributed by atoms with E-state index in [1.165, 1.54) is 11.3 Å². The maximum absolute atomic E-state index is 11.9. The lowest BCUT2D eigenvalue weighted by molar-refractivity contribution is 0.0597. The summed E-state index contributed by atoms with van der Waals surface area (Å²) in [5.41, 5.74) is -0.269. The molecule has 0 spiro atoms. The first-order valence-corrected chi connectivity index (χ1v) is 8.36. The average molecular weight is 325 g/mol. The van der Waals surface area contributed by atoms with Crippen molar-refractivity contribution in [3.63, 3.8) is 0 Å². The van der Waals surface area contributed by atoms with Crippen molar-refractivity contribution in [2.24, 2.45) is 0 Å². The molecule has 2 rings (SSSR count). The monoisotopic (exact) mass is 325 g/mol. The van der Waals surface area contributed by atoms with Gasteiger partial charge in [-0.25, -0.2) is 9.78 Å². The molecule has 21 heavy (non-hydrogen) atoms. The van der Waals surface area contributed by atoms with E-state index in [2.05, 4.69) is 15.6 Å². The molecule has 2 unspecified atom stereocenters. The molecule has 2 aromatic heterocycles. The van der Waals surface area contributed by atoms with Gasteiger partial charge in [-0.05, 0) is 43.2 Å². The molecular weight excluding hydrogens is 306 g/mol. The molecule has 0 aliphatic heterocycles. The summed E-state index contributed by atoms with van der Waals surface area (Å²) < 4.78 is 0. The predicted octanol–water partition coefficient (Wildman–Crippen LogP) is 2.78. The lowest BCUT2D eigenvalue weighted by Crippen LogP contribution is -2.44. The van der Waals surface area contributed by atoms with Crippen LogP contribution >= 0.6 is 22.7 Å². The van der Waals surface area contributed by atoms with Crippen molar-refractivity contribution in [2.45, 2.75) is 32.4 Å². The molecule has 0 aliphatic carbocycles. The predicted molar refractivity (Wildman–Crippen MR) is 85.7 cm³/mol. The zero-order chi connectivity index (χ0) is 15.5. The topological polar surface area (TPSA) is 74.2 Å². The second kappa shape index (κ2) is 6.55. The molecule has 0 aliphatic rings. The van der Waals surface area contributed by atoms with Gasteiger partial charge in [0.2, 0.25) is 0 Å². The third-order valence-electron chi connectivity index (χ3n) is 3.09. The molecule has 2 aromatic rings. The number of carbonyl (C=O) groups is 1. The van der Waals surface area contributed by atoms with Gasteiger partial charge in [-0.2, -0.15) is 11.3 Å². The van der Waals surface area contributed by atoms with Crippen molar-refractivity contribution in [2.75, 3.05) is 6.54 Å². The number of aryl methyl sites for hydroxylation is 1. The van der Waals surface area contributed by atoms with Crippen LogP contribution in [0.4, 0.5) is 4.79 Å². The van der Waals surface area contributed by atoms with Crippen molar-refractivity contribution in [1.82, 2.24) is 15.6 Å². The van der Waals surface area contributed by atoms with Gasteiger partial charge in [0.05, 0.1) is 12.6 Å². The number of rotatable bonds is 5. The number of urea groups is 1. The van der Waals surface area contributed by atoms with Gasteiger partial charge in [0, 0.05) is 11.1 Å². The zero-order valence-corrected chi connectivity index (χ0v) is 13.8. The molecule has 114 valence electrons. The number of hydrogen-bond acceptors (Lipinski definition) is 5. The maximum atomic E-state index is 11.9. The highest BCUT2D eigenvalue weighted by atomic mass is 32.1. The van der Waals surface area contributed by atoms with Gasteiger partial charge in [-0.15, -0.1) is 11.3 Å². The van der Waals surface area contributed by atoms with Crippen LogP contribution in [0.5, 0.6) is 0 Å². The summed E-state index contributed by atoms with van der Waals surface area (Å²) in [5.74, 6) is 0. The summed E-state index contributed by atoms with van der Waals surface area (Å²) >= 11 is 3.07. The minimum Gasteiger partial charge on any atom is -0.384 e. The van der Waals surface area contributed by atoms with E-state index in [0.717, 1.165) is 15.4 Å². The number of hydrogen-bond donors (Lipinski definition) is 3. The fraction of sp³-hybridized carbons (Fsp3) is 0.429. The van der Waals surface area contributed by atoms with E-state index >= 15 is 0 Å². The molecular formula is C14H19N3O2S2. The molecule has 3 N–H and O–H groups in total. The first-order valence-electron chi connectivity index (χ1n) is 6.60. The van der Waals surface area contributed by atoms with Crippen LogP contribution in [-0.4, -0.2) is 22.7 Å². The average Bonchev–Trinajstić information content (AvgIpc) is 3.07. The highest BCUT2D eigenvalue weighted by Crippen LogP contribution is 2.22. The van der Waals surface area contributed by atoms with Gasteiger partial charge in [0.15, 0.2) is 0 Å². The number of thiophene rings is 1. The lowest BCUT2D eigenvalue weighted by Gasteiger charge is -2.23. The minimum absolute atomic E-state index is 0.152. The second-order valence-electron chi connectivity index (χ2n) is 5.14. The maximum Gasteiger partial charge on any atom is 0.315 e. The Bertz CT molecular complexity index is 593. The lowest BCUT2D eigenvalue weighted by atomic mass is 9.99. The summed E-state index contributed by atoms with van der Waals surface area (Å²) in [6.45, 7) is 5.70. The Morgan fingerprint density at radius 3 is 2.90 bits per heavy atom. The highest BCUT2D eigenvalue weighted by molar-refractivity contribution is 7.11. The fourth-order valence-corrected chi connectivity index (χ4v) is 3.37. The van der Waals surface area contributed by atoms with Crippen molar-refractivity contribution < 1.29 is 9.90 Å². The Hall–Kier alpha value is -1.44. The molecule has 0 radical (unpaired) electrons. The molecule has 2 amide bonds. The summed E-state index contributed by atoms with van der Waals surface area (Å²) in [6.07, 6.45) is 1.79. The quantitative estimate of drug-likeness (QED) is 0.791. The number of aromatic nitrogens is 1. The minimum atomic E-state index is -1.07. The number of carbonyl (C=O) groups excluding carboxylic acids is 1. The standard InChI is InChI=1S/C14H19N3O2S2/c1-9-6-15-12(21-9)10(2)17-13(18)16-8-14(3,19)11-4-5-20-7-11/h4-7,10,19H,8H2,1-3H3,(H2,16,17,18). The first kappa shape index (κ1) is 15.9. The molecule has 0 fully saturated rings. The smallest absolute Gasteiger partial charge is 0.315 e. The normalized spacial score (nSPS) is 15.2. The third kappa shape index (κ3) is 4.26. The largest absolute Gasteiger partial charge is 0.384 e. The van der Waals surface area contributed by atoms with Crippen LogP contribution in [0.1, 0.15) is 35.3 Å². The van der Waals surface area contributed by atoms with Crippen LogP contribution in [0.3, 0.4) is 0 Å². The highest BCUT2D eigenvalue weighted by Gasteiger charge is 2.24. The third-order valence-corrected chi connectivity index (χ3v) is 4.87. The SMILES string of the molecule is Cc1cnc(C(C)NC(=O)NCC(C)(O)c2ccsc2)s1. The Morgan fingerprint density at radius 2 is 2.33 bits per heavy atom. The van der Waals surface area contributed by atoms with Crippen molar-refractivity contribution in [3.05, 3.63) is 38.5 Å². The Labute approximate surface area is 132 Å². The zero-order valence-electron chi connectivity index (χ0n) is 12.2. The van der Waals surface area contributed by atoms with Crippen LogP contribution in [0.15, 0.2) is 23.0 Å². The van der Waals surface area contributed by atoms with Crippen LogP contribution in [0.2, 0.25) is 0 Å². The number of nitrogens with one attached hydrogen (secondary N) is 2. The van der Waals surface area contributed by atoms with E-state index < -0.39 is 5.60 Å². The van der Waals surface area contributed by atoms with E-state index in [1.807, 2.05) is 30.7 Å². The molecule has 0 aromatic carbocycles. The van der Waals surface area contributed by atoms with Crippen LogP contribution in [0, 0.1) is 6.92 Å². The van der Waals surface area contributed by atoms with Crippen molar-refractivity contribution >= 4 is 28.7 Å². The Morgan fingerprint density at radius 1 is 1.57 bits per heavy atom. The molecule has 0 saturated heterocycles. The Balaban J connectivity index is 1.85. The van der Waals surface area contributed by atoms with Gasteiger partial charge < -0.3 is 15.7 Å². The van der Waals surface area contributed by atoms with Crippen molar-refractivity contribution in [1.29, 1.82) is 0 Å². The van der Waals surface area contributed by atoms with E-state index in [-0.39, 0.29) is 18.6 Å². The van der Waals surface area contributed by atoms with E-state index in [1.54, 1.807) is 24.5 Å². The molecule has 0 bridgehead atoms. The number of aliphatic hydroxyl groups is 1. The van der Waals surface area contributed by atoms with Crippen molar-refractivity contribution in [3.8, 4) is 0 Å². The molecule has 5 nitrogen and oxygen atoms in total. The van der Waals surface area contributed by atoms with Crippen LogP contribution in [0.25, 0.3) is 0 Å². The van der Waals surface area contributed by atoms with Gasteiger partial charge in [-0.1, -0.05) is 0 Å². The molecule has 2 heterocycles. The van der Waals surface area contributed by atoms with E-state index in [9.17, 15) is 9.90 Å². The van der Waals surface area contributed by atoms with Gasteiger partial charge >= 0.3 is 6.03 Å². The van der Waals surface area contributed by atoms with E-state index in [0.29, 0.717) is 0 Å². The van der Waals surface area contributed by atoms with E-state index in [4.69, 9.17) is 0 Å².